The zero-order valence-corrected chi connectivity index (χ0v) is 19.2. The summed E-state index contributed by atoms with van der Waals surface area (Å²) in [5.74, 6) is -0.0966. The molecule has 6 atom stereocenters. The number of hydrogen-bond acceptors (Lipinski definition) is 6. The summed E-state index contributed by atoms with van der Waals surface area (Å²) in [4.78, 5) is 24.0. The van der Waals surface area contributed by atoms with Gasteiger partial charge in [0.1, 0.15) is 18.8 Å². The van der Waals surface area contributed by atoms with Gasteiger partial charge in [0.2, 0.25) is 0 Å². The standard InChI is InChI=1S/C25H36O6/c1-5-16(2)22(28)30-15-25-19(7-6-9-24(25)14-31-24)23(4,17(3)11-20(25)26)10-8-18-12-21(27)29-13-18/h5,12,17,19-20,26H,6-11,13-15H2,1-4H3/b16-5+/t17-,19+,20-,23-,24-,25-/m0/s1. The summed E-state index contributed by atoms with van der Waals surface area (Å²) in [5, 5.41) is 11.5. The van der Waals surface area contributed by atoms with E-state index in [-0.39, 0.29) is 29.9 Å². The number of allylic oxidation sites excluding steroid dienone is 1. The first kappa shape index (κ1) is 22.5. The van der Waals surface area contributed by atoms with Crippen molar-refractivity contribution in [2.24, 2.45) is 22.7 Å². The second-order valence-corrected chi connectivity index (χ2v) is 10.4. The average Bonchev–Trinajstić information content (AvgIpc) is 3.40. The SMILES string of the molecule is C/C=C(\C)C(=O)OC[C@@]12[C@H](CCC[C@]13CO3)[C@@](C)(CCC1=CC(=O)OC1)[C@@H](C)C[C@@H]2O. The van der Waals surface area contributed by atoms with Crippen LogP contribution in [0.25, 0.3) is 0 Å². The Morgan fingerprint density at radius 2 is 2.16 bits per heavy atom. The van der Waals surface area contributed by atoms with Gasteiger partial charge in [0.05, 0.1) is 18.1 Å². The number of aliphatic hydroxyl groups is 1. The quantitative estimate of drug-likeness (QED) is 0.391. The predicted octanol–water partition coefficient (Wildman–Crippen LogP) is 3.72. The summed E-state index contributed by atoms with van der Waals surface area (Å²) >= 11 is 0. The van der Waals surface area contributed by atoms with Crippen LogP contribution in [0.5, 0.6) is 0 Å². The molecule has 1 spiro atoms. The van der Waals surface area contributed by atoms with Gasteiger partial charge in [0.15, 0.2) is 0 Å². The van der Waals surface area contributed by atoms with Crippen molar-refractivity contribution in [3.63, 3.8) is 0 Å². The van der Waals surface area contributed by atoms with E-state index in [2.05, 4.69) is 13.8 Å². The Labute approximate surface area is 185 Å². The molecule has 1 saturated heterocycles. The number of fused-ring (bicyclic) bond motifs is 2. The molecule has 2 heterocycles. The van der Waals surface area contributed by atoms with Gasteiger partial charge < -0.3 is 19.3 Å². The van der Waals surface area contributed by atoms with E-state index in [1.807, 2.05) is 6.92 Å². The molecule has 0 aromatic carbocycles. The summed E-state index contributed by atoms with van der Waals surface area (Å²) in [6.45, 7) is 9.32. The molecule has 0 bridgehead atoms. The summed E-state index contributed by atoms with van der Waals surface area (Å²) in [5.41, 5.74) is 0.568. The van der Waals surface area contributed by atoms with Crippen LogP contribution < -0.4 is 0 Å². The molecule has 4 aliphatic rings. The molecule has 0 aromatic heterocycles. The van der Waals surface area contributed by atoms with Crippen LogP contribution in [-0.4, -0.2) is 48.6 Å². The van der Waals surface area contributed by atoms with E-state index >= 15 is 0 Å². The molecule has 31 heavy (non-hydrogen) atoms. The van der Waals surface area contributed by atoms with Crippen LogP contribution in [-0.2, 0) is 23.8 Å². The van der Waals surface area contributed by atoms with Crippen molar-refractivity contribution in [3.8, 4) is 0 Å². The van der Waals surface area contributed by atoms with E-state index < -0.39 is 17.1 Å². The van der Waals surface area contributed by atoms with E-state index in [9.17, 15) is 14.7 Å². The van der Waals surface area contributed by atoms with Crippen molar-refractivity contribution in [1.29, 1.82) is 0 Å². The highest BCUT2D eigenvalue weighted by Crippen LogP contribution is 2.68. The Balaban J connectivity index is 1.64. The zero-order chi connectivity index (χ0) is 22.4. The van der Waals surface area contributed by atoms with Crippen molar-refractivity contribution in [2.75, 3.05) is 19.8 Å². The second kappa shape index (κ2) is 8.04. The third-order valence-electron chi connectivity index (χ3n) is 9.03. The van der Waals surface area contributed by atoms with Crippen molar-refractivity contribution < 1.29 is 28.9 Å². The van der Waals surface area contributed by atoms with E-state index in [1.165, 1.54) is 0 Å². The Hall–Kier alpha value is -1.66. The van der Waals surface area contributed by atoms with Gasteiger partial charge >= 0.3 is 11.9 Å². The lowest BCUT2D eigenvalue weighted by atomic mass is 9.43. The van der Waals surface area contributed by atoms with Gasteiger partial charge in [-0.2, -0.15) is 0 Å². The number of hydrogen-bond donors (Lipinski definition) is 1. The molecule has 0 aromatic rings. The maximum atomic E-state index is 12.5. The summed E-state index contributed by atoms with van der Waals surface area (Å²) in [6.07, 6.45) is 8.11. The normalized spacial score (nSPS) is 42.1. The van der Waals surface area contributed by atoms with Crippen LogP contribution in [0.15, 0.2) is 23.3 Å². The number of rotatable bonds is 6. The highest BCUT2D eigenvalue weighted by Gasteiger charge is 2.73. The Bertz CT molecular complexity index is 809. The van der Waals surface area contributed by atoms with Crippen molar-refractivity contribution in [2.45, 2.75) is 77.9 Å². The third-order valence-corrected chi connectivity index (χ3v) is 9.03. The number of carbonyl (C=O) groups excluding carboxylic acids is 2. The van der Waals surface area contributed by atoms with Crippen molar-refractivity contribution in [3.05, 3.63) is 23.3 Å². The first-order chi connectivity index (χ1) is 14.7. The van der Waals surface area contributed by atoms with Gasteiger partial charge in [-0.3, -0.25) is 0 Å². The molecule has 2 aliphatic heterocycles. The van der Waals surface area contributed by atoms with Crippen LogP contribution in [0.4, 0.5) is 0 Å². The first-order valence-corrected chi connectivity index (χ1v) is 11.7. The second-order valence-electron chi connectivity index (χ2n) is 10.4. The van der Waals surface area contributed by atoms with E-state index in [0.717, 1.165) is 37.7 Å². The van der Waals surface area contributed by atoms with Crippen LogP contribution >= 0.6 is 0 Å². The molecule has 2 aliphatic carbocycles. The molecule has 3 fully saturated rings. The summed E-state index contributed by atoms with van der Waals surface area (Å²) in [6, 6.07) is 0. The number of carbonyl (C=O) groups is 2. The van der Waals surface area contributed by atoms with Gasteiger partial charge in [-0.15, -0.1) is 0 Å². The summed E-state index contributed by atoms with van der Waals surface area (Å²) < 4.78 is 17.0. The maximum absolute atomic E-state index is 12.5. The maximum Gasteiger partial charge on any atom is 0.333 e. The van der Waals surface area contributed by atoms with Crippen LogP contribution in [0.1, 0.15) is 66.2 Å². The number of aliphatic hydroxyl groups excluding tert-OH is 1. The fourth-order valence-electron chi connectivity index (χ4n) is 6.67. The van der Waals surface area contributed by atoms with Crippen LogP contribution in [0, 0.1) is 22.7 Å². The van der Waals surface area contributed by atoms with Gasteiger partial charge in [-0.1, -0.05) is 26.3 Å². The lowest BCUT2D eigenvalue weighted by molar-refractivity contribution is -0.217. The van der Waals surface area contributed by atoms with Crippen LogP contribution in [0.3, 0.4) is 0 Å². The molecule has 172 valence electrons. The van der Waals surface area contributed by atoms with Gasteiger partial charge in [-0.25, -0.2) is 9.59 Å². The van der Waals surface area contributed by atoms with Crippen molar-refractivity contribution in [1.82, 2.24) is 0 Å². The number of ether oxygens (including phenoxy) is 3. The molecule has 6 nitrogen and oxygen atoms in total. The fraction of sp³-hybridized carbons (Fsp3) is 0.760. The average molecular weight is 433 g/mol. The molecular weight excluding hydrogens is 396 g/mol. The predicted molar refractivity (Wildman–Crippen MR) is 115 cm³/mol. The minimum Gasteiger partial charge on any atom is -0.462 e. The topological polar surface area (TPSA) is 85.4 Å². The lowest BCUT2D eigenvalue weighted by Crippen LogP contribution is -2.66. The Kier molecular flexibility index (Phi) is 5.84. The number of cyclic esters (lactones) is 1. The smallest absolute Gasteiger partial charge is 0.333 e. The molecule has 1 N–H and O–H groups in total. The highest BCUT2D eigenvalue weighted by molar-refractivity contribution is 5.87. The molecule has 4 rings (SSSR count). The highest BCUT2D eigenvalue weighted by atomic mass is 16.6. The third kappa shape index (κ3) is 3.56. The molecular formula is C25H36O6. The van der Waals surface area contributed by atoms with E-state index in [1.54, 1.807) is 19.1 Å². The zero-order valence-electron chi connectivity index (χ0n) is 19.2. The molecule has 0 radical (unpaired) electrons. The monoisotopic (exact) mass is 432 g/mol. The van der Waals surface area contributed by atoms with Gasteiger partial charge in [0, 0.05) is 11.6 Å². The molecule has 2 saturated carbocycles. The van der Waals surface area contributed by atoms with Crippen LogP contribution in [0.2, 0.25) is 0 Å². The largest absolute Gasteiger partial charge is 0.462 e. The van der Waals surface area contributed by atoms with E-state index in [0.29, 0.717) is 31.1 Å². The van der Waals surface area contributed by atoms with E-state index in [4.69, 9.17) is 14.2 Å². The van der Waals surface area contributed by atoms with Gasteiger partial charge in [-0.05, 0) is 68.8 Å². The summed E-state index contributed by atoms with van der Waals surface area (Å²) in [7, 11) is 0. The fourth-order valence-corrected chi connectivity index (χ4v) is 6.67. The van der Waals surface area contributed by atoms with Gasteiger partial charge in [0.25, 0.3) is 0 Å². The first-order valence-electron chi connectivity index (χ1n) is 11.7. The molecule has 6 heteroatoms. The Morgan fingerprint density at radius 1 is 1.42 bits per heavy atom. The minimum atomic E-state index is -0.591. The molecule has 0 amide bonds. The minimum absolute atomic E-state index is 0.0624. The number of epoxide rings is 1. The number of esters is 2. The lowest BCUT2D eigenvalue weighted by Gasteiger charge is -2.62. The molecule has 0 unspecified atom stereocenters. The van der Waals surface area contributed by atoms with Crippen molar-refractivity contribution >= 4 is 11.9 Å². The Morgan fingerprint density at radius 3 is 2.77 bits per heavy atom.